The molecule has 0 aliphatic carbocycles. The molecule has 0 aliphatic heterocycles. The van der Waals surface area contributed by atoms with Crippen molar-refractivity contribution in [3.8, 4) is 113 Å². The van der Waals surface area contributed by atoms with E-state index in [4.69, 9.17) is 9.47 Å². The van der Waals surface area contributed by atoms with E-state index in [1.165, 1.54) is 0 Å². The first kappa shape index (κ1) is 59.9. The summed E-state index contributed by atoms with van der Waals surface area (Å²) in [5.74, 6) is 2.32. The van der Waals surface area contributed by atoms with Crippen molar-refractivity contribution in [1.29, 1.82) is 0 Å². The smallest absolute Gasteiger partial charge is 0.495 e. The number of aromatic nitrogens is 8. The zero-order valence-corrected chi connectivity index (χ0v) is 53.3. The molecule has 92 heavy (non-hydrogen) atoms. The van der Waals surface area contributed by atoms with E-state index in [0.717, 1.165) is 110 Å². The molecule has 0 N–H and O–H groups in total. The molecule has 0 fully saturated rings. The molecular formula is C80H48N8O2Pt2. The van der Waals surface area contributed by atoms with Crippen LogP contribution in [0.2, 0.25) is 0 Å². The van der Waals surface area contributed by atoms with E-state index >= 15 is 0 Å². The molecule has 4 heterocycles. The molecule has 16 aromatic rings. The monoisotopic (exact) mass is 1540 g/mol. The van der Waals surface area contributed by atoms with Crippen LogP contribution in [0.3, 0.4) is 0 Å². The van der Waals surface area contributed by atoms with Crippen LogP contribution in [0.5, 0.6) is 23.0 Å². The largest absolute Gasteiger partial charge is 2.00 e. The maximum atomic E-state index is 6.75. The summed E-state index contributed by atoms with van der Waals surface area (Å²) in [4.78, 5) is 0. The van der Waals surface area contributed by atoms with Crippen LogP contribution in [0.1, 0.15) is 0 Å². The van der Waals surface area contributed by atoms with Gasteiger partial charge in [-0.05, 0) is 44.5 Å². The van der Waals surface area contributed by atoms with Crippen LogP contribution in [0.15, 0.2) is 292 Å². The molecule has 0 saturated carbocycles. The van der Waals surface area contributed by atoms with E-state index in [0.29, 0.717) is 45.8 Å². The van der Waals surface area contributed by atoms with E-state index < -0.39 is 0 Å². The minimum Gasteiger partial charge on any atom is -0.495 e. The summed E-state index contributed by atoms with van der Waals surface area (Å²) in [6, 6.07) is 104. The fourth-order valence-electron chi connectivity index (χ4n) is 11.1. The summed E-state index contributed by atoms with van der Waals surface area (Å²) in [5, 5.41) is 42.9. The predicted molar refractivity (Wildman–Crippen MR) is 357 cm³/mol. The molecule has 0 spiro atoms. The maximum Gasteiger partial charge on any atom is 2.00 e. The number of nitrogens with zero attached hydrogens (tertiary/aromatic N) is 8. The molecule has 0 atom stereocenters. The molecule has 0 amide bonds. The molecular weight excluding hydrogens is 1500 g/mol. The van der Waals surface area contributed by atoms with Gasteiger partial charge >= 0.3 is 42.1 Å². The summed E-state index contributed by atoms with van der Waals surface area (Å²) >= 11 is 0. The second kappa shape index (κ2) is 27.4. The second-order valence-corrected chi connectivity index (χ2v) is 21.4. The average Bonchev–Trinajstić information content (AvgIpc) is 1.10. The molecule has 0 radical (unpaired) electrons. The van der Waals surface area contributed by atoms with Gasteiger partial charge in [-0.2, -0.15) is 20.4 Å². The van der Waals surface area contributed by atoms with Gasteiger partial charge in [0.25, 0.3) is 0 Å². The normalized spacial score (nSPS) is 10.9. The van der Waals surface area contributed by atoms with Crippen LogP contribution in [0.4, 0.5) is 0 Å². The topological polar surface area (TPSA) is 122 Å². The van der Waals surface area contributed by atoms with Crippen LogP contribution in [0, 0.1) is 24.3 Å². The third kappa shape index (κ3) is 12.9. The molecule has 12 heteroatoms. The summed E-state index contributed by atoms with van der Waals surface area (Å²) in [6.45, 7) is 0. The number of fused-ring (bicyclic) bond motifs is 4. The Morgan fingerprint density at radius 3 is 0.652 bits per heavy atom. The summed E-state index contributed by atoms with van der Waals surface area (Å²) in [6.07, 6.45) is 7.11. The van der Waals surface area contributed by atoms with Crippen molar-refractivity contribution in [2.45, 2.75) is 0 Å². The van der Waals surface area contributed by atoms with E-state index in [1.807, 2.05) is 170 Å². The van der Waals surface area contributed by atoms with Crippen molar-refractivity contribution >= 4 is 43.1 Å². The molecule has 0 bridgehead atoms. The van der Waals surface area contributed by atoms with Gasteiger partial charge in [-0.3, -0.25) is 0 Å². The molecule has 0 saturated heterocycles. The number of ether oxygens (including phenoxy) is 2. The third-order valence-electron chi connectivity index (χ3n) is 15.6. The van der Waals surface area contributed by atoms with Gasteiger partial charge in [-0.1, -0.05) is 310 Å². The maximum absolute atomic E-state index is 6.75. The van der Waals surface area contributed by atoms with Crippen LogP contribution in [-0.4, -0.2) is 40.8 Å². The molecule has 0 aliphatic rings. The molecule has 12 aromatic carbocycles. The van der Waals surface area contributed by atoms with Gasteiger partial charge in [-0.25, -0.2) is 20.4 Å². The van der Waals surface area contributed by atoms with Crippen molar-refractivity contribution in [2.75, 3.05) is 0 Å². The van der Waals surface area contributed by atoms with Gasteiger partial charge < -0.3 is 9.47 Å². The molecule has 4 aromatic heterocycles. The van der Waals surface area contributed by atoms with E-state index in [1.54, 1.807) is 24.8 Å². The van der Waals surface area contributed by atoms with Crippen molar-refractivity contribution < 1.29 is 51.6 Å². The number of benzene rings is 12. The van der Waals surface area contributed by atoms with Crippen LogP contribution >= 0.6 is 0 Å². The SMILES string of the molecule is [Pt+2].[Pt+2].[c-]1c(-c2cc(-c3ccccc3)cnn2)cc2ccccc2c1Oc1[c-]c(-c2cc(-c3ccccc3)cnn2)cc2ccccc12.[c-]1c(-c2cc(-c3ccccc3)cnn2)cc2ccccc2c1Oc1[c-]c(-c2cc(-c3ccccc3)cnn2)cc2ccccc12. The zero-order valence-electron chi connectivity index (χ0n) is 48.7. The average molecular weight is 1540 g/mol. The zero-order chi connectivity index (χ0) is 60.0. The fraction of sp³-hybridized carbons (Fsp3) is 0. The van der Waals surface area contributed by atoms with Crippen LogP contribution in [-0.2, 0) is 42.1 Å². The first-order valence-corrected chi connectivity index (χ1v) is 29.3. The standard InChI is InChI=1S/2C40H24N4O.2Pt/c2*1-3-11-27(12-4-1)33-21-37(43-41-25-33)31-19-29-15-7-9-17-35(29)39(23-31)45-40-24-32(20-30-16-8-10-18-36(30)40)38-22-34(26-42-44-38)28-13-5-2-6-14-28;;/h2*1-22,25-26H;;/q2*-2;2*+2. The van der Waals surface area contributed by atoms with Crippen LogP contribution in [0.25, 0.3) is 133 Å². The van der Waals surface area contributed by atoms with Gasteiger partial charge in [0, 0.05) is 22.8 Å². The van der Waals surface area contributed by atoms with E-state index in [9.17, 15) is 0 Å². The predicted octanol–water partition coefficient (Wildman–Crippen LogP) is 19.3. The Balaban J connectivity index is 0.000000164. The minimum atomic E-state index is 0. The van der Waals surface area contributed by atoms with E-state index in [-0.39, 0.29) is 42.1 Å². The Morgan fingerprint density at radius 1 is 0.217 bits per heavy atom. The van der Waals surface area contributed by atoms with Gasteiger partial charge in [0.15, 0.2) is 0 Å². The number of hydrogen-bond donors (Lipinski definition) is 0. The van der Waals surface area contributed by atoms with Crippen molar-refractivity contribution in [2.24, 2.45) is 0 Å². The Labute approximate surface area is 559 Å². The van der Waals surface area contributed by atoms with Crippen molar-refractivity contribution in [3.63, 3.8) is 0 Å². The molecule has 440 valence electrons. The fourth-order valence-corrected chi connectivity index (χ4v) is 11.1. The molecule has 0 unspecified atom stereocenters. The second-order valence-electron chi connectivity index (χ2n) is 21.4. The summed E-state index contributed by atoms with van der Waals surface area (Å²) < 4.78 is 13.5. The summed E-state index contributed by atoms with van der Waals surface area (Å²) in [7, 11) is 0. The van der Waals surface area contributed by atoms with Gasteiger partial charge in [0.2, 0.25) is 0 Å². The van der Waals surface area contributed by atoms with Gasteiger partial charge in [-0.15, -0.1) is 46.5 Å². The Morgan fingerprint density at radius 2 is 0.424 bits per heavy atom. The molecule has 10 nitrogen and oxygen atoms in total. The number of hydrogen-bond acceptors (Lipinski definition) is 10. The van der Waals surface area contributed by atoms with Gasteiger partial charge in [0.05, 0.1) is 47.8 Å². The Hall–Kier alpha value is -11.0. The summed E-state index contributed by atoms with van der Waals surface area (Å²) in [5.41, 5.74) is 14.2. The van der Waals surface area contributed by atoms with Crippen LogP contribution < -0.4 is 9.47 Å². The minimum absolute atomic E-state index is 0. The van der Waals surface area contributed by atoms with Crippen molar-refractivity contribution in [1.82, 2.24) is 40.8 Å². The molecule has 16 rings (SSSR count). The van der Waals surface area contributed by atoms with E-state index in [2.05, 4.69) is 162 Å². The Bertz CT molecular complexity index is 4620. The van der Waals surface area contributed by atoms with Crippen molar-refractivity contribution in [3.05, 3.63) is 316 Å². The third-order valence-corrected chi connectivity index (χ3v) is 15.6. The van der Waals surface area contributed by atoms with Gasteiger partial charge in [0.1, 0.15) is 0 Å². The Kier molecular flexibility index (Phi) is 17.8. The quantitative estimate of drug-likeness (QED) is 0.109. The number of rotatable bonds is 12. The first-order chi connectivity index (χ1) is 44.6. The first-order valence-electron chi connectivity index (χ1n) is 29.3.